The third-order valence-corrected chi connectivity index (χ3v) is 7.96. The van der Waals surface area contributed by atoms with E-state index in [9.17, 15) is 0 Å². The molecule has 162 valence electrons. The molecule has 0 bridgehead atoms. The molecule has 4 heterocycles. The van der Waals surface area contributed by atoms with Gasteiger partial charge in [0, 0.05) is 41.1 Å². The van der Waals surface area contributed by atoms with Crippen LogP contribution in [0.2, 0.25) is 0 Å². The summed E-state index contributed by atoms with van der Waals surface area (Å²) >= 11 is 0. The zero-order valence-corrected chi connectivity index (χ0v) is 18.8. The molecule has 4 nitrogen and oxygen atoms in total. The van der Waals surface area contributed by atoms with Crippen molar-refractivity contribution in [1.82, 2.24) is 19.4 Å². The highest BCUT2D eigenvalue weighted by atomic mass is 15.0. The molecule has 4 aromatic heterocycles. The fourth-order valence-electron chi connectivity index (χ4n) is 6.49. The van der Waals surface area contributed by atoms with Gasteiger partial charge in [-0.2, -0.15) is 0 Å². The lowest BCUT2D eigenvalue weighted by atomic mass is 9.97. The summed E-state index contributed by atoms with van der Waals surface area (Å²) in [5.74, 6) is 0. The number of hydrogen-bond donors (Lipinski definition) is 0. The summed E-state index contributed by atoms with van der Waals surface area (Å²) in [6, 6.07) is 22.3. The van der Waals surface area contributed by atoms with Gasteiger partial charge in [0.25, 0.3) is 0 Å². The normalized spacial score (nSPS) is 13.5. The molecule has 0 fully saturated rings. The van der Waals surface area contributed by atoms with Crippen molar-refractivity contribution >= 4 is 38.4 Å². The maximum absolute atomic E-state index is 5.15. The predicted molar refractivity (Wildman–Crippen MR) is 140 cm³/mol. The van der Waals surface area contributed by atoms with E-state index < -0.39 is 0 Å². The maximum Gasteiger partial charge on any atom is 0.147 e. The molecule has 9 rings (SSSR count). The van der Waals surface area contributed by atoms with E-state index in [1.807, 2.05) is 24.8 Å². The van der Waals surface area contributed by atoms with Crippen molar-refractivity contribution in [2.24, 2.45) is 0 Å². The molecule has 2 aliphatic rings. The van der Waals surface area contributed by atoms with Crippen LogP contribution in [0.1, 0.15) is 22.3 Å². The Bertz CT molecular complexity index is 2070. The van der Waals surface area contributed by atoms with Crippen molar-refractivity contribution in [1.29, 1.82) is 0 Å². The minimum atomic E-state index is 0.954. The van der Waals surface area contributed by atoms with E-state index in [0.717, 1.165) is 45.7 Å². The molecule has 0 spiro atoms. The van der Waals surface area contributed by atoms with Crippen molar-refractivity contribution in [2.45, 2.75) is 12.8 Å². The Labute approximate surface area is 200 Å². The third-order valence-electron chi connectivity index (χ3n) is 7.96. The number of hydrogen-bond acceptors (Lipinski definition) is 3. The highest BCUT2D eigenvalue weighted by molar-refractivity contribution is 6.15. The van der Waals surface area contributed by atoms with Gasteiger partial charge < -0.3 is 0 Å². The van der Waals surface area contributed by atoms with Crippen LogP contribution < -0.4 is 0 Å². The van der Waals surface area contributed by atoms with Gasteiger partial charge in [0.05, 0.1) is 16.6 Å². The van der Waals surface area contributed by atoms with E-state index in [1.54, 1.807) is 0 Å². The van der Waals surface area contributed by atoms with Crippen LogP contribution in [0.3, 0.4) is 0 Å². The predicted octanol–water partition coefficient (Wildman–Crippen LogP) is 6.73. The first kappa shape index (κ1) is 17.8. The summed E-state index contributed by atoms with van der Waals surface area (Å²) in [5, 5.41) is 3.31. The second-order valence-corrected chi connectivity index (χ2v) is 9.73. The number of benzene rings is 3. The molecule has 0 N–H and O–H groups in total. The van der Waals surface area contributed by atoms with Crippen LogP contribution in [0.25, 0.3) is 60.6 Å². The summed E-state index contributed by atoms with van der Waals surface area (Å²) in [5.41, 5.74) is 15.4. The summed E-state index contributed by atoms with van der Waals surface area (Å²) in [6.45, 7) is 0. The Morgan fingerprint density at radius 1 is 0.629 bits per heavy atom. The van der Waals surface area contributed by atoms with Crippen molar-refractivity contribution in [2.75, 3.05) is 0 Å². The lowest BCUT2D eigenvalue weighted by Crippen LogP contribution is -1.94. The minimum Gasteiger partial charge on any atom is -0.291 e. The number of aromatic nitrogens is 4. The second kappa shape index (κ2) is 6.10. The van der Waals surface area contributed by atoms with Crippen LogP contribution in [0, 0.1) is 0 Å². The van der Waals surface area contributed by atoms with Gasteiger partial charge in [-0.1, -0.05) is 36.4 Å². The van der Waals surface area contributed by atoms with Gasteiger partial charge in [-0.3, -0.25) is 14.4 Å². The lowest BCUT2D eigenvalue weighted by molar-refractivity contribution is 1.21. The Morgan fingerprint density at radius 2 is 1.46 bits per heavy atom. The molecule has 2 aliphatic carbocycles. The highest BCUT2D eigenvalue weighted by Gasteiger charge is 2.28. The fraction of sp³-hybridized carbons (Fsp3) is 0.0645. The van der Waals surface area contributed by atoms with Gasteiger partial charge in [-0.25, -0.2) is 4.98 Å². The Kier molecular flexibility index (Phi) is 3.11. The maximum atomic E-state index is 5.15. The van der Waals surface area contributed by atoms with E-state index in [4.69, 9.17) is 4.98 Å². The van der Waals surface area contributed by atoms with Crippen LogP contribution in [0.15, 0.2) is 85.5 Å². The Hall–Kier alpha value is -4.57. The van der Waals surface area contributed by atoms with Gasteiger partial charge in [0.15, 0.2) is 0 Å². The monoisotopic (exact) mass is 446 g/mol. The molecular weight excluding hydrogens is 428 g/mol. The molecule has 0 aliphatic heterocycles. The van der Waals surface area contributed by atoms with Crippen molar-refractivity contribution in [3.63, 3.8) is 0 Å². The lowest BCUT2D eigenvalue weighted by Gasteiger charge is -2.11. The first-order valence-corrected chi connectivity index (χ1v) is 12.0. The minimum absolute atomic E-state index is 0.954. The van der Waals surface area contributed by atoms with E-state index in [2.05, 4.69) is 75.0 Å². The van der Waals surface area contributed by atoms with Gasteiger partial charge in [0.2, 0.25) is 0 Å². The summed E-state index contributed by atoms with van der Waals surface area (Å²) in [7, 11) is 0. The molecule has 0 unspecified atom stereocenters. The molecule has 7 aromatic rings. The average molecular weight is 447 g/mol. The van der Waals surface area contributed by atoms with Gasteiger partial charge in [0.1, 0.15) is 5.65 Å². The van der Waals surface area contributed by atoms with Crippen LogP contribution >= 0.6 is 0 Å². The van der Waals surface area contributed by atoms with E-state index in [1.165, 1.54) is 50.0 Å². The summed E-state index contributed by atoms with van der Waals surface area (Å²) in [4.78, 5) is 14.0. The van der Waals surface area contributed by atoms with Gasteiger partial charge >= 0.3 is 0 Å². The zero-order chi connectivity index (χ0) is 22.7. The summed E-state index contributed by atoms with van der Waals surface area (Å²) < 4.78 is 2.34. The first-order chi connectivity index (χ1) is 17.3. The van der Waals surface area contributed by atoms with Crippen molar-refractivity contribution in [3.8, 4) is 22.3 Å². The highest BCUT2D eigenvalue weighted by Crippen LogP contribution is 2.47. The van der Waals surface area contributed by atoms with Crippen molar-refractivity contribution < 1.29 is 0 Å². The Balaban J connectivity index is 1.46. The molecule has 0 amide bonds. The van der Waals surface area contributed by atoms with Crippen LogP contribution in [-0.2, 0) is 12.8 Å². The van der Waals surface area contributed by atoms with E-state index in [-0.39, 0.29) is 0 Å². The van der Waals surface area contributed by atoms with Crippen LogP contribution in [0.5, 0.6) is 0 Å². The molecule has 35 heavy (non-hydrogen) atoms. The molecule has 3 aromatic carbocycles. The number of rotatable bonds is 0. The van der Waals surface area contributed by atoms with Crippen LogP contribution in [-0.4, -0.2) is 19.4 Å². The van der Waals surface area contributed by atoms with Crippen LogP contribution in [0.4, 0.5) is 0 Å². The number of pyridine rings is 3. The Morgan fingerprint density at radius 3 is 2.43 bits per heavy atom. The number of nitrogens with zero attached hydrogens (tertiary/aromatic N) is 4. The quantitative estimate of drug-likeness (QED) is 0.243. The van der Waals surface area contributed by atoms with E-state index >= 15 is 0 Å². The third kappa shape index (κ3) is 2.15. The van der Waals surface area contributed by atoms with Gasteiger partial charge in [-0.05, 0) is 81.4 Å². The molecule has 0 saturated heterocycles. The topological polar surface area (TPSA) is 43.1 Å². The zero-order valence-electron chi connectivity index (χ0n) is 18.8. The van der Waals surface area contributed by atoms with E-state index in [0.29, 0.717) is 0 Å². The average Bonchev–Trinajstić information content (AvgIpc) is 3.58. The summed E-state index contributed by atoms with van der Waals surface area (Å²) in [6.07, 6.45) is 9.61. The standard InChI is InChI=1S/C31H18N4/c1-2-4-21-17(3-1)11-19-13-20-12-18-5-6-27-30(29(18)24(20)14-23(19)21)35-28-8-10-33-15-25(28)22-7-9-32-16-26(22)31(35)34-27/h1-10,13-16H,11-12H2. The largest absolute Gasteiger partial charge is 0.291 e. The molecule has 0 saturated carbocycles. The molecule has 0 atom stereocenters. The molecule has 0 radical (unpaired) electrons. The smallest absolute Gasteiger partial charge is 0.147 e. The number of fused-ring (bicyclic) bond motifs is 15. The SMILES string of the molecule is c1ccc2c(c1)Cc1cc3c(cc1-2)-c1c(ccc2nc4c5cnccc5c5cnccc5n4c12)C3. The van der Waals surface area contributed by atoms with Crippen molar-refractivity contribution in [3.05, 3.63) is 108 Å². The fourth-order valence-corrected chi connectivity index (χ4v) is 6.49. The molecule has 4 heteroatoms. The second-order valence-electron chi connectivity index (χ2n) is 9.73. The number of imidazole rings is 1. The van der Waals surface area contributed by atoms with Gasteiger partial charge in [-0.15, -0.1) is 0 Å². The molecular formula is C31H18N4. The first-order valence-electron chi connectivity index (χ1n) is 12.0.